The monoisotopic (exact) mass is 450 g/mol. The zero-order chi connectivity index (χ0) is 24.2. The van der Waals surface area contributed by atoms with Crippen molar-refractivity contribution in [2.45, 2.75) is 13.8 Å². The van der Waals surface area contributed by atoms with E-state index in [9.17, 15) is 9.59 Å². The fraction of sp³-hybridized carbons (Fsp3) is 0.143. The quantitative estimate of drug-likeness (QED) is 0.413. The molecule has 0 fully saturated rings. The molecule has 0 saturated carbocycles. The first-order valence-corrected chi connectivity index (χ1v) is 11.0. The van der Waals surface area contributed by atoms with E-state index in [0.717, 1.165) is 22.3 Å². The lowest BCUT2D eigenvalue weighted by Crippen LogP contribution is -2.28. The summed E-state index contributed by atoms with van der Waals surface area (Å²) in [7, 11) is 3.45. The van der Waals surface area contributed by atoms with Gasteiger partial charge in [0.1, 0.15) is 11.6 Å². The van der Waals surface area contributed by atoms with Crippen LogP contribution in [0.4, 0.5) is 11.6 Å². The Kier molecular flexibility index (Phi) is 6.50. The molecular formula is C28H26N4O2. The van der Waals surface area contributed by atoms with Crippen LogP contribution >= 0.6 is 0 Å². The molecule has 0 aliphatic carbocycles. The van der Waals surface area contributed by atoms with E-state index in [2.05, 4.69) is 9.97 Å². The molecule has 6 nitrogen and oxygen atoms in total. The van der Waals surface area contributed by atoms with Crippen LogP contribution in [0.25, 0.3) is 11.1 Å². The van der Waals surface area contributed by atoms with Crippen LogP contribution in [-0.2, 0) is 0 Å². The van der Waals surface area contributed by atoms with Crippen molar-refractivity contribution in [3.63, 3.8) is 0 Å². The molecule has 34 heavy (non-hydrogen) atoms. The third kappa shape index (κ3) is 4.57. The molecular weight excluding hydrogens is 424 g/mol. The van der Waals surface area contributed by atoms with Crippen LogP contribution in [0.1, 0.15) is 31.8 Å². The summed E-state index contributed by atoms with van der Waals surface area (Å²) in [6.45, 7) is 3.86. The zero-order valence-corrected chi connectivity index (χ0v) is 19.7. The molecule has 4 aromatic rings. The molecule has 0 N–H and O–H groups in total. The predicted octanol–water partition coefficient (Wildman–Crippen LogP) is 5.31. The van der Waals surface area contributed by atoms with E-state index >= 15 is 0 Å². The van der Waals surface area contributed by atoms with Crippen molar-refractivity contribution in [1.29, 1.82) is 0 Å². The average molecular weight is 451 g/mol. The lowest BCUT2D eigenvalue weighted by molar-refractivity contribution is 0.0984. The highest BCUT2D eigenvalue weighted by Gasteiger charge is 2.19. The Morgan fingerprint density at radius 1 is 0.618 bits per heavy atom. The van der Waals surface area contributed by atoms with Crippen molar-refractivity contribution in [2.75, 3.05) is 23.9 Å². The molecule has 4 rings (SSSR count). The highest BCUT2D eigenvalue weighted by atomic mass is 16.2. The van der Waals surface area contributed by atoms with E-state index < -0.39 is 0 Å². The summed E-state index contributed by atoms with van der Waals surface area (Å²) in [4.78, 5) is 37.9. The molecule has 2 amide bonds. The maximum Gasteiger partial charge on any atom is 0.259 e. The van der Waals surface area contributed by atoms with Crippen molar-refractivity contribution in [3.8, 4) is 11.1 Å². The molecule has 0 saturated heterocycles. The van der Waals surface area contributed by atoms with Gasteiger partial charge in [-0.25, -0.2) is 9.97 Å². The summed E-state index contributed by atoms with van der Waals surface area (Å²) >= 11 is 0. The summed E-state index contributed by atoms with van der Waals surface area (Å²) in [5, 5.41) is 0. The van der Waals surface area contributed by atoms with E-state index in [4.69, 9.17) is 0 Å². The molecule has 2 aromatic carbocycles. The Morgan fingerprint density at radius 3 is 1.29 bits per heavy atom. The number of aromatic nitrogens is 2. The lowest BCUT2D eigenvalue weighted by Gasteiger charge is -2.20. The van der Waals surface area contributed by atoms with Crippen LogP contribution in [0.15, 0.2) is 85.2 Å². The van der Waals surface area contributed by atoms with E-state index in [1.807, 2.05) is 62.4 Å². The van der Waals surface area contributed by atoms with Crippen molar-refractivity contribution in [1.82, 2.24) is 9.97 Å². The first-order valence-electron chi connectivity index (χ1n) is 11.0. The second kappa shape index (κ2) is 9.67. The second-order valence-electron chi connectivity index (χ2n) is 8.19. The van der Waals surface area contributed by atoms with Gasteiger partial charge in [-0.15, -0.1) is 0 Å². The highest BCUT2D eigenvalue weighted by Crippen LogP contribution is 2.28. The van der Waals surface area contributed by atoms with Crippen LogP contribution in [-0.4, -0.2) is 35.9 Å². The van der Waals surface area contributed by atoms with Gasteiger partial charge in [-0.2, -0.15) is 0 Å². The molecule has 2 aromatic heterocycles. The van der Waals surface area contributed by atoms with Crippen molar-refractivity contribution < 1.29 is 9.59 Å². The van der Waals surface area contributed by atoms with Crippen molar-refractivity contribution in [2.24, 2.45) is 0 Å². The van der Waals surface area contributed by atoms with Gasteiger partial charge in [0.2, 0.25) is 0 Å². The summed E-state index contributed by atoms with van der Waals surface area (Å²) in [6.07, 6.45) is 3.48. The number of anilines is 2. The molecule has 0 aliphatic heterocycles. The third-order valence-electron chi connectivity index (χ3n) is 5.72. The van der Waals surface area contributed by atoms with Crippen LogP contribution in [0.3, 0.4) is 0 Å². The molecule has 0 unspecified atom stereocenters. The first kappa shape index (κ1) is 22.9. The van der Waals surface area contributed by atoms with Gasteiger partial charge in [0, 0.05) is 48.7 Å². The Labute approximate surface area is 199 Å². The molecule has 0 radical (unpaired) electrons. The van der Waals surface area contributed by atoms with Crippen LogP contribution in [0.5, 0.6) is 0 Å². The van der Waals surface area contributed by atoms with Crippen LogP contribution in [0, 0.1) is 13.8 Å². The van der Waals surface area contributed by atoms with Crippen molar-refractivity contribution in [3.05, 3.63) is 107 Å². The second-order valence-corrected chi connectivity index (χ2v) is 8.19. The number of rotatable bonds is 5. The molecule has 0 atom stereocenters. The van der Waals surface area contributed by atoms with Crippen LogP contribution < -0.4 is 9.80 Å². The minimum atomic E-state index is -0.114. The zero-order valence-electron chi connectivity index (χ0n) is 19.7. The largest absolute Gasteiger partial charge is 0.296 e. The number of nitrogens with zero attached hydrogens (tertiary/aromatic N) is 4. The minimum absolute atomic E-state index is 0.114. The third-order valence-corrected chi connectivity index (χ3v) is 5.72. The number of aryl methyl sites for hydroxylation is 2. The highest BCUT2D eigenvalue weighted by molar-refractivity contribution is 6.06. The van der Waals surface area contributed by atoms with Gasteiger partial charge in [-0.1, -0.05) is 36.4 Å². The number of carbonyl (C=O) groups excluding carboxylic acids is 2. The fourth-order valence-electron chi connectivity index (χ4n) is 3.89. The first-order chi connectivity index (χ1) is 16.4. The van der Waals surface area contributed by atoms with E-state index in [1.54, 1.807) is 60.6 Å². The van der Waals surface area contributed by atoms with E-state index in [1.165, 1.54) is 0 Å². The number of hydrogen-bond donors (Lipinski definition) is 0. The standard InChI is InChI=1S/C28H26N4O2/c1-19-15-23(17-29-25(19)31(3)27(33)21-11-7-5-8-12-21)24-16-20(2)26(30-18-24)32(4)28(34)22-13-9-6-10-14-22/h5-18H,1-4H3. The SMILES string of the molecule is Cc1cc(-c2cnc(N(C)C(=O)c3ccccc3)c(C)c2)cnc1N(C)C(=O)c1ccccc1. The summed E-state index contributed by atoms with van der Waals surface area (Å²) in [5.74, 6) is 0.980. The average Bonchev–Trinajstić information content (AvgIpc) is 2.88. The van der Waals surface area contributed by atoms with Gasteiger partial charge in [0.05, 0.1) is 0 Å². The number of carbonyl (C=O) groups is 2. The fourth-order valence-corrected chi connectivity index (χ4v) is 3.89. The van der Waals surface area contributed by atoms with Gasteiger partial charge in [-0.05, 0) is 61.4 Å². The van der Waals surface area contributed by atoms with Gasteiger partial charge in [0.25, 0.3) is 11.8 Å². The molecule has 0 spiro atoms. The Bertz CT molecular complexity index is 1230. The normalized spacial score (nSPS) is 10.6. The van der Waals surface area contributed by atoms with Gasteiger partial charge >= 0.3 is 0 Å². The van der Waals surface area contributed by atoms with E-state index in [0.29, 0.717) is 22.8 Å². The molecule has 2 heterocycles. The summed E-state index contributed by atoms with van der Waals surface area (Å²) in [5.41, 5.74) is 4.76. The predicted molar refractivity (Wildman–Crippen MR) is 135 cm³/mol. The number of amides is 2. The maximum absolute atomic E-state index is 12.8. The van der Waals surface area contributed by atoms with Crippen LogP contribution in [0.2, 0.25) is 0 Å². The molecule has 0 aliphatic rings. The van der Waals surface area contributed by atoms with Gasteiger partial charge in [-0.3, -0.25) is 19.4 Å². The maximum atomic E-state index is 12.8. The number of benzene rings is 2. The Hall–Kier alpha value is -4.32. The Balaban J connectivity index is 1.57. The van der Waals surface area contributed by atoms with Gasteiger partial charge < -0.3 is 0 Å². The van der Waals surface area contributed by atoms with E-state index in [-0.39, 0.29) is 11.8 Å². The summed E-state index contributed by atoms with van der Waals surface area (Å²) in [6, 6.07) is 22.3. The number of hydrogen-bond acceptors (Lipinski definition) is 4. The molecule has 170 valence electrons. The van der Waals surface area contributed by atoms with Crippen molar-refractivity contribution >= 4 is 23.5 Å². The topological polar surface area (TPSA) is 66.4 Å². The Morgan fingerprint density at radius 2 is 0.971 bits per heavy atom. The molecule has 0 bridgehead atoms. The van der Waals surface area contributed by atoms with Gasteiger partial charge in [0.15, 0.2) is 0 Å². The summed E-state index contributed by atoms with van der Waals surface area (Å²) < 4.78 is 0. The smallest absolute Gasteiger partial charge is 0.259 e. The minimum Gasteiger partial charge on any atom is -0.296 e. The number of pyridine rings is 2. The lowest BCUT2D eigenvalue weighted by atomic mass is 10.1. The molecule has 6 heteroatoms.